The molecule has 0 radical (unpaired) electrons. The van der Waals surface area contributed by atoms with Crippen LogP contribution in [0.3, 0.4) is 0 Å². The first-order valence-electron chi connectivity index (χ1n) is 7.40. The normalized spacial score (nSPS) is 15.4. The van der Waals surface area contributed by atoms with Gasteiger partial charge in [-0.25, -0.2) is 4.98 Å². The van der Waals surface area contributed by atoms with Gasteiger partial charge >= 0.3 is 0 Å². The van der Waals surface area contributed by atoms with Crippen molar-refractivity contribution in [3.05, 3.63) is 4.88 Å². The van der Waals surface area contributed by atoms with E-state index < -0.39 is 0 Å². The Hall–Kier alpha value is -1.30. The highest BCUT2D eigenvalue weighted by atomic mass is 32.1. The molecule has 0 aliphatic carbocycles. The maximum Gasteiger partial charge on any atom is 0.267 e. The standard InChI is InChI=1S/C14H24N4OS/c1-3-4-8-17(2)13(19)11-12(15)16-14(20-11)18-9-6-5-7-10-18/h3-10,15H2,1-2H3. The Morgan fingerprint density at radius 3 is 2.75 bits per heavy atom. The van der Waals surface area contributed by atoms with Crippen LogP contribution in [0, 0.1) is 0 Å². The number of nitrogen functional groups attached to an aromatic ring is 1. The van der Waals surface area contributed by atoms with Gasteiger partial charge in [-0.2, -0.15) is 0 Å². The third-order valence-corrected chi connectivity index (χ3v) is 4.78. The number of nitrogens with two attached hydrogens (primary N) is 1. The molecule has 6 heteroatoms. The Morgan fingerprint density at radius 1 is 1.40 bits per heavy atom. The van der Waals surface area contributed by atoms with E-state index in [1.165, 1.54) is 30.6 Å². The van der Waals surface area contributed by atoms with E-state index in [0.717, 1.165) is 37.6 Å². The summed E-state index contributed by atoms with van der Waals surface area (Å²) in [6.07, 6.45) is 5.76. The minimum Gasteiger partial charge on any atom is -0.382 e. The zero-order valence-corrected chi connectivity index (χ0v) is 13.2. The molecule has 1 saturated heterocycles. The molecule has 5 nitrogen and oxygen atoms in total. The fourth-order valence-electron chi connectivity index (χ4n) is 2.36. The molecule has 1 aromatic heterocycles. The number of amides is 1. The lowest BCUT2D eigenvalue weighted by Crippen LogP contribution is -2.29. The number of piperidine rings is 1. The summed E-state index contributed by atoms with van der Waals surface area (Å²) in [7, 11) is 1.83. The molecule has 0 atom stereocenters. The number of aromatic nitrogens is 1. The number of carbonyl (C=O) groups excluding carboxylic acids is 1. The van der Waals surface area contributed by atoms with Crippen LogP contribution in [-0.4, -0.2) is 42.5 Å². The van der Waals surface area contributed by atoms with Gasteiger partial charge in [0.05, 0.1) is 0 Å². The van der Waals surface area contributed by atoms with Gasteiger partial charge in [0.15, 0.2) is 5.13 Å². The van der Waals surface area contributed by atoms with Crippen LogP contribution in [0.1, 0.15) is 48.7 Å². The van der Waals surface area contributed by atoms with Crippen molar-refractivity contribution in [3.8, 4) is 0 Å². The molecule has 1 aromatic rings. The average molecular weight is 296 g/mol. The minimum absolute atomic E-state index is 0.00305. The summed E-state index contributed by atoms with van der Waals surface area (Å²) in [5, 5.41) is 0.898. The van der Waals surface area contributed by atoms with Crippen LogP contribution in [0.2, 0.25) is 0 Å². The molecule has 0 bridgehead atoms. The van der Waals surface area contributed by atoms with Crippen LogP contribution in [0.4, 0.5) is 10.9 Å². The predicted molar refractivity (Wildman–Crippen MR) is 84.5 cm³/mol. The molecule has 1 fully saturated rings. The van der Waals surface area contributed by atoms with Crippen LogP contribution >= 0.6 is 11.3 Å². The molecule has 20 heavy (non-hydrogen) atoms. The molecule has 0 unspecified atom stereocenters. The van der Waals surface area contributed by atoms with E-state index >= 15 is 0 Å². The van der Waals surface area contributed by atoms with Gasteiger partial charge in [0.1, 0.15) is 10.7 Å². The van der Waals surface area contributed by atoms with Crippen molar-refractivity contribution in [1.82, 2.24) is 9.88 Å². The van der Waals surface area contributed by atoms with E-state index in [1.807, 2.05) is 7.05 Å². The lowest BCUT2D eigenvalue weighted by atomic mass is 10.1. The van der Waals surface area contributed by atoms with Gasteiger partial charge in [-0.1, -0.05) is 24.7 Å². The largest absolute Gasteiger partial charge is 0.382 e. The summed E-state index contributed by atoms with van der Waals surface area (Å²) < 4.78 is 0. The Kier molecular flexibility index (Phi) is 5.23. The lowest BCUT2D eigenvalue weighted by Gasteiger charge is -2.25. The Morgan fingerprint density at radius 2 is 2.10 bits per heavy atom. The lowest BCUT2D eigenvalue weighted by molar-refractivity contribution is 0.0799. The van der Waals surface area contributed by atoms with E-state index in [9.17, 15) is 4.79 Å². The number of nitrogens with zero attached hydrogens (tertiary/aromatic N) is 3. The van der Waals surface area contributed by atoms with Crippen LogP contribution in [0.25, 0.3) is 0 Å². The number of thiazole rings is 1. The molecule has 1 aliphatic heterocycles. The van der Waals surface area contributed by atoms with E-state index in [2.05, 4.69) is 16.8 Å². The fraction of sp³-hybridized carbons (Fsp3) is 0.714. The predicted octanol–water partition coefficient (Wildman–Crippen LogP) is 2.59. The average Bonchev–Trinajstić information content (AvgIpc) is 2.87. The maximum absolute atomic E-state index is 12.4. The molecule has 0 spiro atoms. The molecule has 2 rings (SSSR count). The number of hydrogen-bond donors (Lipinski definition) is 1. The zero-order valence-electron chi connectivity index (χ0n) is 12.4. The van der Waals surface area contributed by atoms with E-state index in [0.29, 0.717) is 10.7 Å². The summed E-state index contributed by atoms with van der Waals surface area (Å²) in [4.78, 5) is 21.3. The summed E-state index contributed by atoms with van der Waals surface area (Å²) in [6, 6.07) is 0. The van der Waals surface area contributed by atoms with E-state index in [-0.39, 0.29) is 5.91 Å². The first-order valence-corrected chi connectivity index (χ1v) is 8.21. The number of hydrogen-bond acceptors (Lipinski definition) is 5. The van der Waals surface area contributed by atoms with Crippen molar-refractivity contribution in [2.45, 2.75) is 39.0 Å². The molecule has 2 N–H and O–H groups in total. The van der Waals surface area contributed by atoms with Crippen LogP contribution in [-0.2, 0) is 0 Å². The quantitative estimate of drug-likeness (QED) is 0.907. The highest BCUT2D eigenvalue weighted by Crippen LogP contribution is 2.30. The van der Waals surface area contributed by atoms with Gasteiger partial charge in [-0.05, 0) is 25.7 Å². The van der Waals surface area contributed by atoms with Crippen LogP contribution in [0.5, 0.6) is 0 Å². The molecule has 0 aromatic carbocycles. The zero-order chi connectivity index (χ0) is 14.5. The number of unbranched alkanes of at least 4 members (excludes halogenated alkanes) is 1. The third-order valence-electron chi connectivity index (χ3n) is 3.66. The Balaban J connectivity index is 2.08. The van der Waals surface area contributed by atoms with Crippen molar-refractivity contribution in [1.29, 1.82) is 0 Å². The summed E-state index contributed by atoms with van der Waals surface area (Å²) in [5.41, 5.74) is 5.94. The smallest absolute Gasteiger partial charge is 0.267 e. The highest BCUT2D eigenvalue weighted by Gasteiger charge is 2.22. The second-order valence-corrected chi connectivity index (χ2v) is 6.32. The Labute approximate surface area is 124 Å². The molecule has 1 amide bonds. The van der Waals surface area contributed by atoms with Crippen molar-refractivity contribution in [2.24, 2.45) is 0 Å². The summed E-state index contributed by atoms with van der Waals surface area (Å²) in [5.74, 6) is 0.376. The molecular formula is C14H24N4OS. The monoisotopic (exact) mass is 296 g/mol. The van der Waals surface area contributed by atoms with Gasteiger partial charge in [0.25, 0.3) is 5.91 Å². The molecule has 2 heterocycles. The SMILES string of the molecule is CCCCN(C)C(=O)c1sc(N2CCCCC2)nc1N. The minimum atomic E-state index is -0.00305. The second-order valence-electron chi connectivity index (χ2n) is 5.34. The first kappa shape index (κ1) is 15.1. The van der Waals surface area contributed by atoms with Crippen molar-refractivity contribution in [2.75, 3.05) is 37.3 Å². The topological polar surface area (TPSA) is 62.5 Å². The van der Waals surface area contributed by atoms with Gasteiger partial charge in [-0.3, -0.25) is 4.79 Å². The Bertz CT molecular complexity index is 454. The molecule has 1 aliphatic rings. The number of anilines is 2. The highest BCUT2D eigenvalue weighted by molar-refractivity contribution is 7.18. The van der Waals surface area contributed by atoms with Crippen molar-refractivity contribution in [3.63, 3.8) is 0 Å². The third kappa shape index (κ3) is 3.42. The van der Waals surface area contributed by atoms with Gasteiger partial charge in [0.2, 0.25) is 0 Å². The van der Waals surface area contributed by atoms with Crippen molar-refractivity contribution < 1.29 is 4.79 Å². The molecular weight excluding hydrogens is 272 g/mol. The molecule has 0 saturated carbocycles. The van der Waals surface area contributed by atoms with Gasteiger partial charge in [-0.15, -0.1) is 0 Å². The van der Waals surface area contributed by atoms with Gasteiger partial charge < -0.3 is 15.5 Å². The summed E-state index contributed by atoms with van der Waals surface area (Å²) in [6.45, 7) is 4.93. The maximum atomic E-state index is 12.4. The van der Waals surface area contributed by atoms with Gasteiger partial charge in [0, 0.05) is 26.7 Å². The van der Waals surface area contributed by atoms with Crippen molar-refractivity contribution >= 4 is 28.2 Å². The van der Waals surface area contributed by atoms with E-state index in [1.54, 1.807) is 4.90 Å². The summed E-state index contributed by atoms with van der Waals surface area (Å²) >= 11 is 1.43. The second kappa shape index (κ2) is 6.92. The molecule has 112 valence electrons. The van der Waals surface area contributed by atoms with Crippen LogP contribution in [0.15, 0.2) is 0 Å². The van der Waals surface area contributed by atoms with E-state index in [4.69, 9.17) is 5.73 Å². The fourth-order valence-corrected chi connectivity index (χ4v) is 3.40. The van der Waals surface area contributed by atoms with Crippen LogP contribution < -0.4 is 10.6 Å². The first-order chi connectivity index (χ1) is 9.63. The number of carbonyl (C=O) groups is 1. The number of rotatable bonds is 5.